The van der Waals surface area contributed by atoms with Gasteiger partial charge in [-0.1, -0.05) is 12.2 Å². The molecule has 3 unspecified atom stereocenters. The van der Waals surface area contributed by atoms with Gasteiger partial charge in [0.1, 0.15) is 11.6 Å². The van der Waals surface area contributed by atoms with Crippen molar-refractivity contribution >= 4 is 17.3 Å². The first-order valence-corrected chi connectivity index (χ1v) is 7.79. The molecule has 1 heterocycles. The largest absolute Gasteiger partial charge is 0.358 e. The average Bonchev–Trinajstić information content (AvgIpc) is 3.06. The summed E-state index contributed by atoms with van der Waals surface area (Å²) < 4.78 is 1.34. The zero-order valence-electron chi connectivity index (χ0n) is 12.6. The molecule has 1 aromatic rings. The number of nitriles is 1. The van der Waals surface area contributed by atoms with Crippen molar-refractivity contribution in [1.82, 2.24) is 9.99 Å². The van der Waals surface area contributed by atoms with Crippen molar-refractivity contribution in [1.29, 1.82) is 5.26 Å². The van der Waals surface area contributed by atoms with Crippen LogP contribution >= 0.6 is 12.2 Å². The van der Waals surface area contributed by atoms with Gasteiger partial charge < -0.3 is 5.32 Å². The number of rotatable bonds is 2. The third-order valence-corrected chi connectivity index (χ3v) is 4.72. The number of nitrogens with one attached hydrogen (secondary N) is 2. The Labute approximate surface area is 134 Å². The van der Waals surface area contributed by atoms with E-state index in [1.165, 1.54) is 11.1 Å². The minimum absolute atomic E-state index is 0.142. The van der Waals surface area contributed by atoms with E-state index in [0.29, 0.717) is 28.6 Å². The van der Waals surface area contributed by atoms with Crippen LogP contribution in [0.1, 0.15) is 29.7 Å². The molecule has 1 aromatic heterocycles. The van der Waals surface area contributed by atoms with Crippen molar-refractivity contribution in [3.05, 3.63) is 45.4 Å². The average molecular weight is 314 g/mol. The Bertz CT molecular complexity index is 759. The Balaban J connectivity index is 1.76. The number of nitrogens with zero attached hydrogens (tertiary/aromatic N) is 2. The van der Waals surface area contributed by atoms with E-state index >= 15 is 0 Å². The normalized spacial score (nSPS) is 25.0. The Kier molecular flexibility index (Phi) is 3.75. The topological polar surface area (TPSA) is 69.8 Å². The Hall–Kier alpha value is -2.13. The molecule has 2 aliphatic carbocycles. The van der Waals surface area contributed by atoms with Crippen molar-refractivity contribution in [2.24, 2.45) is 11.8 Å². The van der Waals surface area contributed by atoms with E-state index in [4.69, 9.17) is 17.5 Å². The van der Waals surface area contributed by atoms with Gasteiger partial charge in [0.05, 0.1) is 0 Å². The lowest BCUT2D eigenvalue weighted by Gasteiger charge is -2.23. The summed E-state index contributed by atoms with van der Waals surface area (Å²) in [4.78, 5) is 12.3. The second-order valence-electron chi connectivity index (χ2n) is 6.07. The first kappa shape index (κ1) is 14.8. The van der Waals surface area contributed by atoms with E-state index in [2.05, 4.69) is 22.9 Å². The molecule has 5 nitrogen and oxygen atoms in total. The molecule has 6 heteroatoms. The van der Waals surface area contributed by atoms with Crippen LogP contribution < -0.4 is 16.3 Å². The van der Waals surface area contributed by atoms with Gasteiger partial charge in [-0.15, -0.1) is 0 Å². The second kappa shape index (κ2) is 5.58. The highest BCUT2D eigenvalue weighted by Crippen LogP contribution is 2.38. The lowest BCUT2D eigenvalue weighted by molar-refractivity contribution is 0.524. The van der Waals surface area contributed by atoms with Gasteiger partial charge in [0.2, 0.25) is 0 Å². The summed E-state index contributed by atoms with van der Waals surface area (Å²) in [5, 5.41) is 12.8. The SMILES string of the molecule is Cc1cc(C)n(NC(=S)NC2CC3C=CC2C3)c(=O)c1C#N. The standard InChI is InChI=1S/C16H18N4OS/c1-9-5-10(2)20(15(21)13(9)8-17)19-16(22)18-14-7-11-3-4-12(14)6-11/h3-5,11-12,14H,6-7H2,1-2H3,(H2,18,19,22). The zero-order valence-corrected chi connectivity index (χ0v) is 13.4. The van der Waals surface area contributed by atoms with E-state index < -0.39 is 0 Å². The molecule has 3 atom stereocenters. The molecular weight excluding hydrogens is 296 g/mol. The summed E-state index contributed by atoms with van der Waals surface area (Å²) in [6, 6.07) is 4.08. The number of hydrogen-bond acceptors (Lipinski definition) is 3. The van der Waals surface area contributed by atoms with Crippen LogP contribution in [0.5, 0.6) is 0 Å². The highest BCUT2D eigenvalue weighted by atomic mass is 32.1. The van der Waals surface area contributed by atoms with Gasteiger partial charge in [-0.3, -0.25) is 10.2 Å². The predicted molar refractivity (Wildman–Crippen MR) is 89.1 cm³/mol. The van der Waals surface area contributed by atoms with E-state index in [0.717, 1.165) is 12.1 Å². The number of allylic oxidation sites excluding steroid dienone is 1. The molecule has 0 amide bonds. The number of aromatic nitrogens is 1. The maximum absolute atomic E-state index is 12.3. The molecule has 114 valence electrons. The summed E-state index contributed by atoms with van der Waals surface area (Å²) in [6.45, 7) is 3.57. The monoisotopic (exact) mass is 314 g/mol. The minimum Gasteiger partial charge on any atom is -0.358 e. The fourth-order valence-corrected chi connectivity index (χ4v) is 3.66. The van der Waals surface area contributed by atoms with Gasteiger partial charge in [0.15, 0.2) is 5.11 Å². The molecule has 2 aliphatic rings. The smallest absolute Gasteiger partial charge is 0.287 e. The van der Waals surface area contributed by atoms with Crippen LogP contribution in [0.2, 0.25) is 0 Å². The van der Waals surface area contributed by atoms with Crippen molar-refractivity contribution < 1.29 is 0 Å². The van der Waals surface area contributed by atoms with Gasteiger partial charge >= 0.3 is 0 Å². The van der Waals surface area contributed by atoms with Crippen LogP contribution in [0.25, 0.3) is 0 Å². The molecule has 0 saturated heterocycles. The van der Waals surface area contributed by atoms with Crippen LogP contribution in [-0.2, 0) is 0 Å². The summed E-state index contributed by atoms with van der Waals surface area (Å²) >= 11 is 5.33. The van der Waals surface area contributed by atoms with E-state index in [9.17, 15) is 4.79 Å². The van der Waals surface area contributed by atoms with Crippen molar-refractivity contribution in [2.75, 3.05) is 5.43 Å². The first-order valence-electron chi connectivity index (χ1n) is 7.39. The van der Waals surface area contributed by atoms with Gasteiger partial charge in [0, 0.05) is 11.7 Å². The highest BCUT2D eigenvalue weighted by Gasteiger charge is 2.35. The summed E-state index contributed by atoms with van der Waals surface area (Å²) in [7, 11) is 0. The van der Waals surface area contributed by atoms with Crippen LogP contribution in [0.15, 0.2) is 23.0 Å². The minimum atomic E-state index is -0.364. The Morgan fingerprint density at radius 3 is 2.77 bits per heavy atom. The summed E-state index contributed by atoms with van der Waals surface area (Å²) in [5.41, 5.74) is 4.10. The molecule has 0 spiro atoms. The summed E-state index contributed by atoms with van der Waals surface area (Å²) in [5.74, 6) is 1.18. The van der Waals surface area contributed by atoms with Crippen molar-refractivity contribution in [2.45, 2.75) is 32.7 Å². The summed E-state index contributed by atoms with van der Waals surface area (Å²) in [6.07, 6.45) is 6.77. The Morgan fingerprint density at radius 1 is 1.41 bits per heavy atom. The van der Waals surface area contributed by atoms with Crippen LogP contribution in [0.3, 0.4) is 0 Å². The fraction of sp³-hybridized carbons (Fsp3) is 0.438. The van der Waals surface area contributed by atoms with E-state index in [1.807, 2.05) is 13.0 Å². The first-order chi connectivity index (χ1) is 10.5. The zero-order chi connectivity index (χ0) is 15.9. The number of aryl methyl sites for hydroxylation is 2. The van der Waals surface area contributed by atoms with E-state index in [1.54, 1.807) is 13.0 Å². The molecule has 0 radical (unpaired) electrons. The maximum atomic E-state index is 12.3. The highest BCUT2D eigenvalue weighted by molar-refractivity contribution is 7.80. The third kappa shape index (κ3) is 2.53. The molecule has 22 heavy (non-hydrogen) atoms. The molecular formula is C16H18N4OS. The van der Waals surface area contributed by atoms with Crippen molar-refractivity contribution in [3.63, 3.8) is 0 Å². The van der Waals surface area contributed by atoms with E-state index in [-0.39, 0.29) is 11.1 Å². The number of hydrogen-bond donors (Lipinski definition) is 2. The molecule has 3 rings (SSSR count). The van der Waals surface area contributed by atoms with Crippen LogP contribution in [0, 0.1) is 37.0 Å². The molecule has 1 saturated carbocycles. The van der Waals surface area contributed by atoms with Crippen LogP contribution in [0.4, 0.5) is 0 Å². The quantitative estimate of drug-likeness (QED) is 0.642. The van der Waals surface area contributed by atoms with Gasteiger partial charge in [-0.2, -0.15) is 5.26 Å². The fourth-order valence-electron chi connectivity index (χ4n) is 3.41. The predicted octanol–water partition coefficient (Wildman–Crippen LogP) is 1.72. The molecule has 1 fully saturated rings. The number of fused-ring (bicyclic) bond motifs is 2. The molecule has 2 N–H and O–H groups in total. The lowest BCUT2D eigenvalue weighted by atomic mass is 10.0. The second-order valence-corrected chi connectivity index (χ2v) is 6.48. The maximum Gasteiger partial charge on any atom is 0.287 e. The Morgan fingerprint density at radius 2 is 2.18 bits per heavy atom. The van der Waals surface area contributed by atoms with Gasteiger partial charge in [-0.05, 0) is 62.4 Å². The van der Waals surface area contributed by atoms with Crippen molar-refractivity contribution in [3.8, 4) is 6.07 Å². The molecule has 0 aliphatic heterocycles. The molecule has 0 aromatic carbocycles. The molecule has 2 bridgehead atoms. The van der Waals surface area contributed by atoms with Gasteiger partial charge in [0.25, 0.3) is 5.56 Å². The lowest BCUT2D eigenvalue weighted by Crippen LogP contribution is -2.46. The van der Waals surface area contributed by atoms with Gasteiger partial charge in [-0.25, -0.2) is 4.68 Å². The van der Waals surface area contributed by atoms with Crippen LogP contribution in [-0.4, -0.2) is 15.8 Å². The number of pyridine rings is 1. The third-order valence-electron chi connectivity index (χ3n) is 4.51. The number of thiocarbonyl (C=S) groups is 1.